The molecule has 2 bridgehead atoms. The molecule has 0 saturated heterocycles. The highest BCUT2D eigenvalue weighted by Gasteiger charge is 2.48. The third kappa shape index (κ3) is 3.54. The Labute approximate surface area is 155 Å². The molecule has 2 aliphatic carbocycles. The summed E-state index contributed by atoms with van der Waals surface area (Å²) in [4.78, 5) is 17.0. The molecule has 1 amide bonds. The molecule has 138 valence electrons. The molecule has 4 unspecified atom stereocenters. The first-order chi connectivity index (χ1) is 12.7. The number of imidazole rings is 1. The summed E-state index contributed by atoms with van der Waals surface area (Å²) < 4.78 is 2.14. The molecule has 0 spiro atoms. The van der Waals surface area contributed by atoms with Gasteiger partial charge in [-0.2, -0.15) is 0 Å². The van der Waals surface area contributed by atoms with Crippen molar-refractivity contribution in [3.8, 4) is 0 Å². The van der Waals surface area contributed by atoms with E-state index in [1.165, 1.54) is 12.0 Å². The van der Waals surface area contributed by atoms with Crippen molar-refractivity contribution in [1.29, 1.82) is 0 Å². The Balaban J connectivity index is 1.28. The molecule has 5 heteroatoms. The maximum atomic E-state index is 12.6. The molecule has 5 nitrogen and oxygen atoms in total. The minimum absolute atomic E-state index is 0.00440. The third-order valence-electron chi connectivity index (χ3n) is 6.21. The first-order valence-electron chi connectivity index (χ1n) is 9.79. The number of hydrogen-bond acceptors (Lipinski definition) is 3. The van der Waals surface area contributed by atoms with Crippen LogP contribution in [0, 0.1) is 17.8 Å². The highest BCUT2D eigenvalue weighted by Crippen LogP contribution is 2.47. The second kappa shape index (κ2) is 7.62. The first kappa shape index (κ1) is 17.3. The zero-order valence-electron chi connectivity index (χ0n) is 15.2. The Morgan fingerprint density at radius 3 is 2.81 bits per heavy atom. The number of hydrogen-bond donors (Lipinski definition) is 2. The van der Waals surface area contributed by atoms with E-state index in [2.05, 4.69) is 39.1 Å². The van der Waals surface area contributed by atoms with Crippen molar-refractivity contribution in [2.45, 2.75) is 51.2 Å². The van der Waals surface area contributed by atoms with Gasteiger partial charge in [0.2, 0.25) is 5.91 Å². The van der Waals surface area contributed by atoms with Crippen molar-refractivity contribution < 1.29 is 4.79 Å². The summed E-state index contributed by atoms with van der Waals surface area (Å²) in [6.45, 7) is 1.39. The minimum Gasteiger partial charge on any atom is -0.349 e. The number of benzene rings is 1. The summed E-state index contributed by atoms with van der Waals surface area (Å²) in [7, 11) is 0. The Bertz CT molecular complexity index is 739. The molecule has 2 aliphatic rings. The predicted molar refractivity (Wildman–Crippen MR) is 101 cm³/mol. The van der Waals surface area contributed by atoms with Crippen LogP contribution in [-0.2, 0) is 24.3 Å². The number of rotatable bonds is 7. The van der Waals surface area contributed by atoms with Gasteiger partial charge in [-0.1, -0.05) is 30.3 Å². The topological polar surface area (TPSA) is 72.9 Å². The molecule has 3 N–H and O–H groups in total. The summed E-state index contributed by atoms with van der Waals surface area (Å²) in [6, 6.07) is 10.6. The van der Waals surface area contributed by atoms with Crippen LogP contribution < -0.4 is 11.1 Å². The smallest absolute Gasteiger partial charge is 0.225 e. The van der Waals surface area contributed by atoms with Gasteiger partial charge in [0.1, 0.15) is 5.82 Å². The average Bonchev–Trinajstić information content (AvgIpc) is 3.37. The van der Waals surface area contributed by atoms with E-state index in [0.29, 0.717) is 18.4 Å². The van der Waals surface area contributed by atoms with Crippen molar-refractivity contribution in [1.82, 2.24) is 14.9 Å². The van der Waals surface area contributed by atoms with Gasteiger partial charge in [0.25, 0.3) is 0 Å². The number of carbonyl (C=O) groups excluding carboxylic acids is 1. The normalized spacial score (nSPS) is 27.0. The zero-order valence-corrected chi connectivity index (χ0v) is 15.2. The summed E-state index contributed by atoms with van der Waals surface area (Å²) in [5.41, 5.74) is 7.64. The fourth-order valence-electron chi connectivity index (χ4n) is 4.82. The van der Waals surface area contributed by atoms with Crippen molar-refractivity contribution in [3.05, 3.63) is 54.1 Å². The van der Waals surface area contributed by atoms with Gasteiger partial charge >= 0.3 is 0 Å². The summed E-state index contributed by atoms with van der Waals surface area (Å²) in [5, 5.41) is 3.09. The number of nitrogens with one attached hydrogen (secondary N) is 1. The van der Waals surface area contributed by atoms with Gasteiger partial charge in [0.05, 0.1) is 12.5 Å². The van der Waals surface area contributed by atoms with Gasteiger partial charge < -0.3 is 15.6 Å². The minimum atomic E-state index is -0.00440. The lowest BCUT2D eigenvalue weighted by atomic mass is 9.84. The predicted octanol–water partition coefficient (Wildman–Crippen LogP) is 2.51. The molecule has 1 aromatic carbocycles. The summed E-state index contributed by atoms with van der Waals surface area (Å²) >= 11 is 0. The first-order valence-corrected chi connectivity index (χ1v) is 9.79. The Morgan fingerprint density at radius 2 is 2.04 bits per heavy atom. The SMILES string of the molecule is NC1C2CCC(C2)C1C(=O)NCc1nccn1CCCc1ccccc1. The number of aromatic nitrogens is 2. The fraction of sp³-hybridized carbons (Fsp3) is 0.524. The van der Waals surface area contributed by atoms with Crippen LogP contribution in [0.5, 0.6) is 0 Å². The molecule has 4 atom stereocenters. The van der Waals surface area contributed by atoms with E-state index in [4.69, 9.17) is 5.73 Å². The second-order valence-corrected chi connectivity index (χ2v) is 7.78. The molecule has 4 rings (SSSR count). The largest absolute Gasteiger partial charge is 0.349 e. The summed E-state index contributed by atoms with van der Waals surface area (Å²) in [6.07, 6.45) is 9.39. The second-order valence-electron chi connectivity index (χ2n) is 7.78. The van der Waals surface area contributed by atoms with Crippen LogP contribution in [0.2, 0.25) is 0 Å². The van der Waals surface area contributed by atoms with Crippen LogP contribution in [0.15, 0.2) is 42.7 Å². The van der Waals surface area contributed by atoms with E-state index >= 15 is 0 Å². The monoisotopic (exact) mass is 352 g/mol. The molecule has 2 aromatic rings. The average molecular weight is 352 g/mol. The van der Waals surface area contributed by atoms with E-state index in [1.807, 2.05) is 18.5 Å². The maximum Gasteiger partial charge on any atom is 0.225 e. The lowest BCUT2D eigenvalue weighted by molar-refractivity contribution is -0.127. The van der Waals surface area contributed by atoms with Gasteiger partial charge in [0.15, 0.2) is 0 Å². The molecular weight excluding hydrogens is 324 g/mol. The highest BCUT2D eigenvalue weighted by atomic mass is 16.2. The van der Waals surface area contributed by atoms with Crippen LogP contribution in [0.1, 0.15) is 37.1 Å². The van der Waals surface area contributed by atoms with Crippen LogP contribution in [0.4, 0.5) is 0 Å². The van der Waals surface area contributed by atoms with Gasteiger partial charge in [-0.05, 0) is 49.5 Å². The van der Waals surface area contributed by atoms with Crippen LogP contribution >= 0.6 is 0 Å². The Hall–Kier alpha value is -2.14. The Kier molecular flexibility index (Phi) is 5.07. The third-order valence-corrected chi connectivity index (χ3v) is 6.21. The maximum absolute atomic E-state index is 12.6. The molecule has 1 heterocycles. The van der Waals surface area contributed by atoms with E-state index in [0.717, 1.165) is 38.1 Å². The number of nitrogens with zero attached hydrogens (tertiary/aromatic N) is 2. The van der Waals surface area contributed by atoms with E-state index < -0.39 is 0 Å². The number of nitrogens with two attached hydrogens (primary N) is 1. The molecule has 0 radical (unpaired) electrons. The summed E-state index contributed by atoms with van der Waals surface area (Å²) in [5.74, 6) is 2.07. The van der Waals surface area contributed by atoms with Crippen molar-refractivity contribution in [2.24, 2.45) is 23.5 Å². The molecular formula is C21H28N4O. The van der Waals surface area contributed by atoms with Crippen LogP contribution in [-0.4, -0.2) is 21.5 Å². The lowest BCUT2D eigenvalue weighted by Crippen LogP contribution is -2.45. The molecule has 0 aliphatic heterocycles. The highest BCUT2D eigenvalue weighted by molar-refractivity contribution is 5.80. The molecule has 26 heavy (non-hydrogen) atoms. The standard InChI is InChI=1S/C21H28N4O/c22-20-17-9-8-16(13-17)19(20)21(26)24-14-18-23-10-12-25(18)11-4-7-15-5-2-1-3-6-15/h1-3,5-6,10,12,16-17,19-20H,4,7-9,11,13-14,22H2,(H,24,26). The number of carbonyl (C=O) groups is 1. The van der Waals surface area contributed by atoms with Crippen LogP contribution in [0.3, 0.4) is 0 Å². The van der Waals surface area contributed by atoms with Crippen molar-refractivity contribution in [3.63, 3.8) is 0 Å². The fourth-order valence-corrected chi connectivity index (χ4v) is 4.82. The zero-order chi connectivity index (χ0) is 17.9. The molecule has 2 fully saturated rings. The Morgan fingerprint density at radius 1 is 1.23 bits per heavy atom. The van der Waals surface area contributed by atoms with Gasteiger partial charge in [-0.25, -0.2) is 4.98 Å². The van der Waals surface area contributed by atoms with Gasteiger partial charge in [-0.15, -0.1) is 0 Å². The quantitative estimate of drug-likeness (QED) is 0.804. The van der Waals surface area contributed by atoms with Crippen LogP contribution in [0.25, 0.3) is 0 Å². The molecule has 2 saturated carbocycles. The van der Waals surface area contributed by atoms with E-state index in [-0.39, 0.29) is 17.9 Å². The van der Waals surface area contributed by atoms with Gasteiger partial charge in [0, 0.05) is 25.0 Å². The number of amides is 1. The van der Waals surface area contributed by atoms with E-state index in [1.54, 1.807) is 0 Å². The van der Waals surface area contributed by atoms with Crippen molar-refractivity contribution in [2.75, 3.05) is 0 Å². The molecule has 1 aromatic heterocycles. The number of fused-ring (bicyclic) bond motifs is 2. The van der Waals surface area contributed by atoms with Crippen molar-refractivity contribution >= 4 is 5.91 Å². The lowest BCUT2D eigenvalue weighted by Gasteiger charge is -2.27. The van der Waals surface area contributed by atoms with E-state index in [9.17, 15) is 4.79 Å². The van der Waals surface area contributed by atoms with Gasteiger partial charge in [-0.3, -0.25) is 4.79 Å². The number of aryl methyl sites for hydroxylation is 2.